The van der Waals surface area contributed by atoms with E-state index in [0.717, 1.165) is 39.1 Å². The first kappa shape index (κ1) is 14.0. The normalized spacial score (nSPS) is 31.6. The highest BCUT2D eigenvalue weighted by Crippen LogP contribution is 2.41. The first-order valence-corrected chi connectivity index (χ1v) is 7.54. The molecule has 2 aliphatic rings. The summed E-state index contributed by atoms with van der Waals surface area (Å²) in [5.74, 6) is 0.594. The fraction of sp³-hybridized carbons (Fsp3) is 0.688. The molecule has 2 saturated heterocycles. The standard InChI is InChI=1S/C16H24N2O2/c1-12-10-18-6-3-14(12)15(17-2)13-4-7-20-16(9-13)5-8-19-11-16/h3,6,10,13,15,17H,4-5,7-9,11H2,1-2H3. The van der Waals surface area contributed by atoms with Gasteiger partial charge >= 0.3 is 0 Å². The van der Waals surface area contributed by atoms with Crippen LogP contribution < -0.4 is 5.32 Å². The Kier molecular flexibility index (Phi) is 4.06. The van der Waals surface area contributed by atoms with Crippen LogP contribution in [0, 0.1) is 12.8 Å². The summed E-state index contributed by atoms with van der Waals surface area (Å²) in [5, 5.41) is 3.51. The molecule has 3 heterocycles. The molecule has 2 fully saturated rings. The van der Waals surface area contributed by atoms with Crippen molar-refractivity contribution in [3.63, 3.8) is 0 Å². The van der Waals surface area contributed by atoms with Gasteiger partial charge in [-0.1, -0.05) is 0 Å². The van der Waals surface area contributed by atoms with Gasteiger partial charge in [0.2, 0.25) is 0 Å². The topological polar surface area (TPSA) is 43.4 Å². The molecule has 110 valence electrons. The van der Waals surface area contributed by atoms with Crippen molar-refractivity contribution in [3.8, 4) is 0 Å². The molecule has 0 aromatic carbocycles. The second-order valence-corrected chi connectivity index (χ2v) is 6.09. The highest BCUT2D eigenvalue weighted by atomic mass is 16.6. The average Bonchev–Trinajstić information content (AvgIpc) is 2.90. The zero-order valence-corrected chi connectivity index (χ0v) is 12.4. The zero-order valence-electron chi connectivity index (χ0n) is 12.4. The number of ether oxygens (including phenoxy) is 2. The van der Waals surface area contributed by atoms with Crippen molar-refractivity contribution < 1.29 is 9.47 Å². The third kappa shape index (κ3) is 2.60. The Morgan fingerprint density at radius 2 is 2.35 bits per heavy atom. The minimum Gasteiger partial charge on any atom is -0.378 e. The van der Waals surface area contributed by atoms with Gasteiger partial charge in [0.1, 0.15) is 0 Å². The van der Waals surface area contributed by atoms with Crippen LogP contribution in [0.1, 0.15) is 36.4 Å². The molecule has 1 aromatic heterocycles. The largest absolute Gasteiger partial charge is 0.378 e. The summed E-state index contributed by atoms with van der Waals surface area (Å²) in [6, 6.07) is 2.52. The lowest BCUT2D eigenvalue weighted by Crippen LogP contribution is -2.43. The Morgan fingerprint density at radius 1 is 1.45 bits per heavy atom. The Labute approximate surface area is 120 Å². The number of aryl methyl sites for hydroxylation is 1. The van der Waals surface area contributed by atoms with E-state index in [1.54, 1.807) is 0 Å². The highest BCUT2D eigenvalue weighted by Gasteiger charge is 2.43. The summed E-state index contributed by atoms with van der Waals surface area (Å²) >= 11 is 0. The lowest BCUT2D eigenvalue weighted by atomic mass is 9.78. The van der Waals surface area contributed by atoms with Gasteiger partial charge in [-0.2, -0.15) is 0 Å². The van der Waals surface area contributed by atoms with Crippen molar-refractivity contribution in [3.05, 3.63) is 29.6 Å². The lowest BCUT2D eigenvalue weighted by Gasteiger charge is -2.40. The summed E-state index contributed by atoms with van der Waals surface area (Å²) in [4.78, 5) is 4.21. The SMILES string of the molecule is CNC(c1ccncc1C)C1CCOC2(CCOC2)C1. The fourth-order valence-corrected chi connectivity index (χ4v) is 3.69. The van der Waals surface area contributed by atoms with Crippen LogP contribution in [0.5, 0.6) is 0 Å². The van der Waals surface area contributed by atoms with Gasteiger partial charge in [0.05, 0.1) is 12.2 Å². The monoisotopic (exact) mass is 276 g/mol. The fourth-order valence-electron chi connectivity index (χ4n) is 3.69. The predicted molar refractivity (Wildman–Crippen MR) is 77.6 cm³/mol. The third-order valence-corrected chi connectivity index (χ3v) is 4.78. The van der Waals surface area contributed by atoms with E-state index in [1.807, 2.05) is 12.4 Å². The Morgan fingerprint density at radius 3 is 3.05 bits per heavy atom. The molecule has 3 rings (SSSR count). The number of hydrogen-bond donors (Lipinski definition) is 1. The Balaban J connectivity index is 1.81. The first-order chi connectivity index (χ1) is 9.74. The number of aromatic nitrogens is 1. The van der Waals surface area contributed by atoms with Gasteiger partial charge in [0, 0.05) is 38.1 Å². The first-order valence-electron chi connectivity index (χ1n) is 7.54. The molecule has 20 heavy (non-hydrogen) atoms. The summed E-state index contributed by atoms with van der Waals surface area (Å²) in [6.45, 7) is 4.58. The summed E-state index contributed by atoms with van der Waals surface area (Å²) in [6.07, 6.45) is 7.07. The van der Waals surface area contributed by atoms with Crippen LogP contribution in [0.3, 0.4) is 0 Å². The van der Waals surface area contributed by atoms with Crippen molar-refractivity contribution in [2.45, 2.75) is 37.8 Å². The molecule has 0 amide bonds. The van der Waals surface area contributed by atoms with Gasteiger partial charge < -0.3 is 14.8 Å². The van der Waals surface area contributed by atoms with Gasteiger partial charge in [-0.05, 0) is 49.9 Å². The van der Waals surface area contributed by atoms with Gasteiger partial charge in [0.15, 0.2) is 0 Å². The molecule has 3 atom stereocenters. The van der Waals surface area contributed by atoms with Crippen molar-refractivity contribution in [1.82, 2.24) is 10.3 Å². The van der Waals surface area contributed by atoms with Gasteiger partial charge in [-0.25, -0.2) is 0 Å². The van der Waals surface area contributed by atoms with Crippen LogP contribution >= 0.6 is 0 Å². The molecule has 3 unspecified atom stereocenters. The van der Waals surface area contributed by atoms with Crippen molar-refractivity contribution in [2.75, 3.05) is 26.9 Å². The Hall–Kier alpha value is -0.970. The number of hydrogen-bond acceptors (Lipinski definition) is 4. The van der Waals surface area contributed by atoms with Gasteiger partial charge in [0.25, 0.3) is 0 Å². The van der Waals surface area contributed by atoms with E-state index in [1.165, 1.54) is 11.1 Å². The maximum atomic E-state index is 6.05. The Bertz CT molecular complexity index is 458. The lowest BCUT2D eigenvalue weighted by molar-refractivity contribution is -0.103. The summed E-state index contributed by atoms with van der Waals surface area (Å²) in [7, 11) is 2.05. The average molecular weight is 276 g/mol. The van der Waals surface area contributed by atoms with Crippen LogP contribution in [0.15, 0.2) is 18.5 Å². The molecular weight excluding hydrogens is 252 g/mol. The van der Waals surface area contributed by atoms with Gasteiger partial charge in [-0.15, -0.1) is 0 Å². The van der Waals surface area contributed by atoms with E-state index < -0.39 is 0 Å². The second kappa shape index (κ2) is 5.80. The van der Waals surface area contributed by atoms with Crippen molar-refractivity contribution in [1.29, 1.82) is 0 Å². The summed E-state index contributed by atoms with van der Waals surface area (Å²) in [5.41, 5.74) is 2.59. The van der Waals surface area contributed by atoms with E-state index in [0.29, 0.717) is 12.0 Å². The highest BCUT2D eigenvalue weighted by molar-refractivity contribution is 5.26. The molecular formula is C16H24N2O2. The molecule has 1 aromatic rings. The number of rotatable bonds is 3. The summed E-state index contributed by atoms with van der Waals surface area (Å²) < 4.78 is 11.6. The van der Waals surface area contributed by atoms with Crippen molar-refractivity contribution in [2.24, 2.45) is 5.92 Å². The smallest absolute Gasteiger partial charge is 0.0940 e. The number of pyridine rings is 1. The molecule has 0 saturated carbocycles. The van der Waals surface area contributed by atoms with E-state index in [2.05, 4.69) is 30.3 Å². The number of nitrogens with zero attached hydrogens (tertiary/aromatic N) is 1. The minimum absolute atomic E-state index is 0.0288. The maximum absolute atomic E-state index is 6.05. The van der Waals surface area contributed by atoms with E-state index in [4.69, 9.17) is 9.47 Å². The minimum atomic E-state index is -0.0288. The van der Waals surface area contributed by atoms with Crippen LogP contribution in [0.4, 0.5) is 0 Å². The molecule has 2 aliphatic heterocycles. The predicted octanol–water partition coefficient (Wildman–Crippen LogP) is 2.24. The van der Waals surface area contributed by atoms with E-state index >= 15 is 0 Å². The molecule has 1 N–H and O–H groups in total. The van der Waals surface area contributed by atoms with E-state index in [9.17, 15) is 0 Å². The van der Waals surface area contributed by atoms with Crippen LogP contribution in [-0.4, -0.2) is 37.5 Å². The van der Waals surface area contributed by atoms with E-state index in [-0.39, 0.29) is 5.60 Å². The maximum Gasteiger partial charge on any atom is 0.0940 e. The zero-order chi connectivity index (χ0) is 14.0. The van der Waals surface area contributed by atoms with Crippen LogP contribution in [0.2, 0.25) is 0 Å². The second-order valence-electron chi connectivity index (χ2n) is 6.09. The third-order valence-electron chi connectivity index (χ3n) is 4.78. The molecule has 4 heteroatoms. The number of nitrogens with one attached hydrogen (secondary N) is 1. The molecule has 4 nitrogen and oxygen atoms in total. The van der Waals surface area contributed by atoms with Crippen LogP contribution in [0.25, 0.3) is 0 Å². The molecule has 0 bridgehead atoms. The molecule has 1 spiro atoms. The van der Waals surface area contributed by atoms with Crippen LogP contribution in [-0.2, 0) is 9.47 Å². The van der Waals surface area contributed by atoms with Gasteiger partial charge in [-0.3, -0.25) is 4.98 Å². The van der Waals surface area contributed by atoms with Crippen molar-refractivity contribution >= 4 is 0 Å². The quantitative estimate of drug-likeness (QED) is 0.919. The molecule has 0 aliphatic carbocycles. The molecule has 0 radical (unpaired) electrons.